The molecule has 5 aliphatic rings. The number of hydrogen-bond donors (Lipinski definition) is 4. The molecule has 4 fully saturated rings. The van der Waals surface area contributed by atoms with Crippen molar-refractivity contribution in [1.82, 2.24) is 0 Å². The fourth-order valence-electron chi connectivity index (χ4n) is 11.9. The van der Waals surface area contributed by atoms with Gasteiger partial charge in [-0.25, -0.2) is 9.59 Å². The molecule has 274 valence electrons. The van der Waals surface area contributed by atoms with E-state index in [4.69, 9.17) is 9.47 Å². The number of aliphatic hydroxyl groups excluding tert-OH is 4. The maximum absolute atomic E-state index is 13.1. The minimum absolute atomic E-state index is 0.0325. The fourth-order valence-corrected chi connectivity index (χ4v) is 11.9. The molecule has 0 amide bonds. The molecule has 0 radical (unpaired) electrons. The Balaban J connectivity index is 1.59. The van der Waals surface area contributed by atoms with Crippen molar-refractivity contribution in [3.8, 4) is 0 Å². The van der Waals surface area contributed by atoms with Gasteiger partial charge >= 0.3 is 11.9 Å². The lowest BCUT2D eigenvalue weighted by Crippen LogP contribution is -2.72. The predicted molar refractivity (Wildman–Crippen MR) is 189 cm³/mol. The van der Waals surface area contributed by atoms with Gasteiger partial charge in [-0.15, -0.1) is 6.58 Å². The summed E-state index contributed by atoms with van der Waals surface area (Å²) in [5.74, 6) is -1.12. The van der Waals surface area contributed by atoms with Gasteiger partial charge in [0, 0.05) is 17.6 Å². The molecule has 0 heterocycles. The molecule has 49 heavy (non-hydrogen) atoms. The number of carbonyl (C=O) groups is 2. The van der Waals surface area contributed by atoms with Crippen molar-refractivity contribution in [2.75, 3.05) is 13.2 Å². The summed E-state index contributed by atoms with van der Waals surface area (Å²) in [6.45, 7) is 22.1. The molecular weight excluding hydrogens is 620 g/mol. The second kappa shape index (κ2) is 12.8. The average Bonchev–Trinajstić information content (AvgIpc) is 3.00. The van der Waals surface area contributed by atoms with E-state index in [9.17, 15) is 30.0 Å². The van der Waals surface area contributed by atoms with Crippen LogP contribution in [0.25, 0.3) is 0 Å². The number of aliphatic hydroxyl groups is 4. The molecule has 5 rings (SSSR count). The van der Waals surface area contributed by atoms with Crippen LogP contribution in [0.2, 0.25) is 0 Å². The van der Waals surface area contributed by atoms with Crippen LogP contribution in [-0.2, 0) is 19.1 Å². The van der Waals surface area contributed by atoms with Crippen molar-refractivity contribution in [2.45, 2.75) is 132 Å². The van der Waals surface area contributed by atoms with Gasteiger partial charge in [0.25, 0.3) is 0 Å². The fraction of sp³-hybridized carbons (Fsp3) is 0.756. The van der Waals surface area contributed by atoms with E-state index in [-0.39, 0.29) is 35.2 Å². The SMILES string of the molecule is C=C[C@]12CC[C@H](O)[C@](C)(COC(=O)C=C(C)C)C1CC[C@]1(C)C2CC=C2C3CC(C)(C)[C@@H](O)[C@H](OC(=O)C=C(C)C)[C@]3(CO)[C@H](O)C[C@]21C. The molecule has 8 heteroatoms. The van der Waals surface area contributed by atoms with Gasteiger partial charge in [-0.3, -0.25) is 0 Å². The lowest BCUT2D eigenvalue weighted by Gasteiger charge is -2.72. The number of allylic oxidation sites excluding steroid dienone is 5. The van der Waals surface area contributed by atoms with Gasteiger partial charge in [-0.1, -0.05) is 63.5 Å². The summed E-state index contributed by atoms with van der Waals surface area (Å²) in [5, 5.41) is 46.8. The third-order valence-corrected chi connectivity index (χ3v) is 14.7. The molecule has 8 nitrogen and oxygen atoms in total. The molecule has 3 unspecified atom stereocenters. The van der Waals surface area contributed by atoms with Crippen LogP contribution in [0.3, 0.4) is 0 Å². The van der Waals surface area contributed by atoms with Crippen molar-refractivity contribution < 1.29 is 39.5 Å². The summed E-state index contributed by atoms with van der Waals surface area (Å²) in [7, 11) is 0. The van der Waals surface area contributed by atoms with Crippen LogP contribution < -0.4 is 0 Å². The maximum atomic E-state index is 13.1. The normalized spacial score (nSPS) is 45.2. The Kier molecular flexibility index (Phi) is 9.88. The van der Waals surface area contributed by atoms with Gasteiger partial charge < -0.3 is 29.9 Å². The molecule has 0 bridgehead atoms. The van der Waals surface area contributed by atoms with Gasteiger partial charge in [0.15, 0.2) is 0 Å². The molecule has 0 spiro atoms. The van der Waals surface area contributed by atoms with E-state index in [0.29, 0.717) is 19.3 Å². The summed E-state index contributed by atoms with van der Waals surface area (Å²) in [4.78, 5) is 25.7. The van der Waals surface area contributed by atoms with E-state index in [1.54, 1.807) is 13.8 Å². The highest BCUT2D eigenvalue weighted by atomic mass is 16.6. The summed E-state index contributed by atoms with van der Waals surface area (Å²) < 4.78 is 11.9. The summed E-state index contributed by atoms with van der Waals surface area (Å²) >= 11 is 0. The zero-order valence-electron chi connectivity index (χ0n) is 31.3. The van der Waals surface area contributed by atoms with E-state index in [1.165, 1.54) is 17.7 Å². The van der Waals surface area contributed by atoms with E-state index in [0.717, 1.165) is 36.8 Å². The Morgan fingerprint density at radius 3 is 2.12 bits per heavy atom. The van der Waals surface area contributed by atoms with Crippen molar-refractivity contribution in [3.63, 3.8) is 0 Å². The van der Waals surface area contributed by atoms with Crippen LogP contribution in [0, 0.1) is 50.2 Å². The zero-order chi connectivity index (χ0) is 36.5. The van der Waals surface area contributed by atoms with Crippen molar-refractivity contribution in [2.24, 2.45) is 50.2 Å². The number of rotatable bonds is 7. The Labute approximate surface area is 293 Å². The van der Waals surface area contributed by atoms with Crippen molar-refractivity contribution in [1.29, 1.82) is 0 Å². The standard InChI is InChI=1S/C41H62O8/c1-11-40-17-15-30(43)37(8,23-48-32(45)18-24(2)3)28(40)14-16-38(9)29(40)13-12-26-27-20-36(6,7)34(47)35(49-33(46)19-25(4)5)41(27,22-42)31(44)21-39(26,38)10/h11-12,18-19,27-31,34-35,42-44,47H,1,13-17,20-23H2,2-10H3/t27?,28?,29?,30-,31+,34-,35-,37+,38+,39+,40-,41-/m0/s1. The molecule has 0 aromatic carbocycles. The third kappa shape index (κ3) is 5.53. The number of carbonyl (C=O) groups excluding carboxylic acids is 2. The number of esters is 2. The molecule has 12 atom stereocenters. The van der Waals surface area contributed by atoms with Gasteiger partial charge in [-0.05, 0) is 112 Å². The number of ether oxygens (including phenoxy) is 2. The molecule has 5 aliphatic carbocycles. The predicted octanol–water partition coefficient (Wildman–Crippen LogP) is 6.23. The van der Waals surface area contributed by atoms with Crippen LogP contribution in [0.15, 0.2) is 47.6 Å². The average molecular weight is 683 g/mol. The van der Waals surface area contributed by atoms with Crippen LogP contribution in [0.5, 0.6) is 0 Å². The van der Waals surface area contributed by atoms with Gasteiger partial charge in [-0.2, -0.15) is 0 Å². The number of hydrogen-bond acceptors (Lipinski definition) is 8. The smallest absolute Gasteiger partial charge is 0.331 e. The monoisotopic (exact) mass is 682 g/mol. The lowest BCUT2D eigenvalue weighted by molar-refractivity contribution is -0.261. The van der Waals surface area contributed by atoms with Crippen LogP contribution in [-0.4, -0.2) is 70.0 Å². The highest BCUT2D eigenvalue weighted by Crippen LogP contribution is 2.76. The second-order valence-corrected chi connectivity index (χ2v) is 18.3. The first-order valence-corrected chi connectivity index (χ1v) is 18.4. The Morgan fingerprint density at radius 1 is 0.898 bits per heavy atom. The molecule has 0 aliphatic heterocycles. The van der Waals surface area contributed by atoms with Gasteiger partial charge in [0.1, 0.15) is 6.10 Å². The molecule has 0 aromatic rings. The Morgan fingerprint density at radius 2 is 1.53 bits per heavy atom. The Bertz CT molecular complexity index is 1430. The molecule has 4 N–H and O–H groups in total. The summed E-state index contributed by atoms with van der Waals surface area (Å²) in [6.07, 6.45) is 8.13. The Hall–Kier alpha value is -2.26. The lowest BCUT2D eigenvalue weighted by atomic mass is 9.32. The van der Waals surface area contributed by atoms with E-state index >= 15 is 0 Å². The summed E-state index contributed by atoms with van der Waals surface area (Å²) in [5.41, 5.74) is -0.844. The first-order valence-electron chi connectivity index (χ1n) is 18.4. The molecular formula is C41H62O8. The van der Waals surface area contributed by atoms with Crippen LogP contribution in [0.4, 0.5) is 0 Å². The molecule has 0 saturated heterocycles. The first-order chi connectivity index (χ1) is 22.7. The van der Waals surface area contributed by atoms with Crippen LogP contribution in [0.1, 0.15) is 107 Å². The van der Waals surface area contributed by atoms with E-state index in [1.807, 2.05) is 27.7 Å². The highest BCUT2D eigenvalue weighted by Gasteiger charge is 2.73. The molecule has 0 aromatic heterocycles. The molecule has 4 saturated carbocycles. The zero-order valence-corrected chi connectivity index (χ0v) is 31.3. The maximum Gasteiger partial charge on any atom is 0.331 e. The number of fused-ring (bicyclic) bond motifs is 7. The van der Waals surface area contributed by atoms with Crippen molar-refractivity contribution in [3.05, 3.63) is 47.6 Å². The van der Waals surface area contributed by atoms with Crippen LogP contribution >= 0.6 is 0 Å². The third-order valence-electron chi connectivity index (χ3n) is 14.7. The highest BCUT2D eigenvalue weighted by molar-refractivity contribution is 5.83. The van der Waals surface area contributed by atoms with E-state index in [2.05, 4.69) is 39.5 Å². The second-order valence-electron chi connectivity index (χ2n) is 18.3. The van der Waals surface area contributed by atoms with Gasteiger partial charge in [0.2, 0.25) is 0 Å². The van der Waals surface area contributed by atoms with E-state index < -0.39 is 64.6 Å². The first kappa shape index (κ1) is 38.0. The topological polar surface area (TPSA) is 134 Å². The minimum atomic E-state index is -1.26. The quantitative estimate of drug-likeness (QED) is 0.141. The van der Waals surface area contributed by atoms with Gasteiger partial charge in [0.05, 0.1) is 36.9 Å². The summed E-state index contributed by atoms with van der Waals surface area (Å²) in [6, 6.07) is 0. The largest absolute Gasteiger partial charge is 0.462 e. The van der Waals surface area contributed by atoms with Crippen molar-refractivity contribution >= 4 is 11.9 Å². The minimum Gasteiger partial charge on any atom is -0.462 e.